The summed E-state index contributed by atoms with van der Waals surface area (Å²) in [6.07, 6.45) is 5.11. The number of rotatable bonds is 4. The Morgan fingerprint density at radius 3 is 2.65 bits per heavy atom. The fourth-order valence-electron chi connectivity index (χ4n) is 4.33. The Labute approximate surface area is 185 Å². The van der Waals surface area contributed by atoms with Crippen LogP contribution in [0.25, 0.3) is 21.5 Å². The summed E-state index contributed by atoms with van der Waals surface area (Å²) in [5, 5.41) is 3.82. The number of aryl methyl sites for hydroxylation is 3. The van der Waals surface area contributed by atoms with Crippen LogP contribution in [0.2, 0.25) is 0 Å². The second-order valence-corrected chi connectivity index (χ2v) is 9.06. The maximum absolute atomic E-state index is 13.1. The monoisotopic (exact) mass is 431 g/mol. The molecule has 1 aliphatic rings. The number of nitrogens with zero attached hydrogens (tertiary/aromatic N) is 1. The summed E-state index contributed by atoms with van der Waals surface area (Å²) < 4.78 is 6.01. The lowest BCUT2D eigenvalue weighted by atomic mass is 9.89. The van der Waals surface area contributed by atoms with E-state index < -0.39 is 0 Å². The highest BCUT2D eigenvalue weighted by Gasteiger charge is 2.27. The largest absolute Gasteiger partial charge is 0.461 e. The van der Waals surface area contributed by atoms with E-state index in [1.165, 1.54) is 22.5 Å². The number of aromatic nitrogens is 1. The average Bonchev–Trinajstić information content (AvgIpc) is 3.36. The topological polar surface area (TPSA) is 81.2 Å². The number of hydrogen-bond donors (Lipinski definition) is 2. The molecule has 3 heterocycles. The van der Waals surface area contributed by atoms with Crippen LogP contribution < -0.4 is 11.1 Å². The van der Waals surface area contributed by atoms with Gasteiger partial charge in [-0.05, 0) is 74.4 Å². The molecule has 0 aliphatic heterocycles. The Morgan fingerprint density at radius 2 is 1.94 bits per heavy atom. The molecule has 6 heteroatoms. The molecule has 31 heavy (non-hydrogen) atoms. The molecule has 3 aromatic heterocycles. The van der Waals surface area contributed by atoms with Gasteiger partial charge in [0.1, 0.15) is 21.2 Å². The number of carbonyl (C=O) groups excluding carboxylic acids is 1. The Bertz CT molecular complexity index is 1280. The third-order valence-electron chi connectivity index (χ3n) is 5.97. The second-order valence-electron chi connectivity index (χ2n) is 8.06. The predicted molar refractivity (Wildman–Crippen MR) is 127 cm³/mol. The van der Waals surface area contributed by atoms with Crippen molar-refractivity contribution in [1.29, 1.82) is 0 Å². The molecule has 0 unspecified atom stereocenters. The quantitative estimate of drug-likeness (QED) is 0.407. The lowest BCUT2D eigenvalue weighted by molar-refractivity contribution is 0.103. The maximum atomic E-state index is 13.1. The number of nitrogens with one attached hydrogen (secondary N) is 1. The van der Waals surface area contributed by atoms with Crippen LogP contribution in [-0.2, 0) is 19.3 Å². The first-order valence-corrected chi connectivity index (χ1v) is 11.6. The molecule has 0 bridgehead atoms. The minimum absolute atomic E-state index is 0.204. The van der Waals surface area contributed by atoms with Crippen LogP contribution in [0, 0.1) is 6.92 Å². The zero-order valence-electron chi connectivity index (χ0n) is 17.7. The standard InChI is InChI=1S/C25H25N3O2S/c1-3-15-9-11-16(12-10-15)27-24(29)23-22(26)21-20(19-13-8-14(2)30-19)17-6-4-5-7-18(17)28-25(21)31-23/h8-13H,3-7,26H2,1-2H3,(H,27,29). The number of nitrogens with two attached hydrogens (primary N) is 1. The van der Waals surface area contributed by atoms with E-state index in [0.717, 1.165) is 70.8 Å². The molecule has 1 aliphatic carbocycles. The third-order valence-corrected chi connectivity index (χ3v) is 7.06. The Hall–Kier alpha value is -3.12. The number of benzene rings is 1. The molecule has 4 aromatic rings. The van der Waals surface area contributed by atoms with E-state index >= 15 is 0 Å². The number of carbonyl (C=O) groups is 1. The fourth-order valence-corrected chi connectivity index (χ4v) is 5.35. The van der Waals surface area contributed by atoms with Gasteiger partial charge >= 0.3 is 0 Å². The van der Waals surface area contributed by atoms with Gasteiger partial charge in [0.25, 0.3) is 5.91 Å². The van der Waals surface area contributed by atoms with Crippen LogP contribution in [0.4, 0.5) is 11.4 Å². The Kier molecular flexibility index (Phi) is 5.02. The van der Waals surface area contributed by atoms with Gasteiger partial charge < -0.3 is 15.5 Å². The molecule has 158 valence electrons. The SMILES string of the molecule is CCc1ccc(NC(=O)c2sc3nc4c(c(-c5ccc(C)o5)c3c2N)CCCC4)cc1. The van der Waals surface area contributed by atoms with E-state index in [1.54, 1.807) is 0 Å². The number of amides is 1. The van der Waals surface area contributed by atoms with Gasteiger partial charge in [-0.1, -0.05) is 19.1 Å². The molecule has 0 saturated heterocycles. The van der Waals surface area contributed by atoms with Crippen molar-refractivity contribution in [1.82, 2.24) is 4.98 Å². The van der Waals surface area contributed by atoms with Crippen LogP contribution >= 0.6 is 11.3 Å². The summed E-state index contributed by atoms with van der Waals surface area (Å²) in [6, 6.07) is 11.9. The molecule has 1 aromatic carbocycles. The van der Waals surface area contributed by atoms with Gasteiger partial charge in [0.15, 0.2) is 0 Å². The van der Waals surface area contributed by atoms with E-state index in [-0.39, 0.29) is 5.91 Å². The number of anilines is 2. The van der Waals surface area contributed by atoms with Crippen molar-refractivity contribution < 1.29 is 9.21 Å². The maximum Gasteiger partial charge on any atom is 0.267 e. The van der Waals surface area contributed by atoms with Crippen LogP contribution in [0.15, 0.2) is 40.8 Å². The number of furan rings is 1. The van der Waals surface area contributed by atoms with Gasteiger partial charge in [0, 0.05) is 22.3 Å². The molecule has 0 fully saturated rings. The van der Waals surface area contributed by atoms with E-state index in [2.05, 4.69) is 12.2 Å². The van der Waals surface area contributed by atoms with Crippen molar-refractivity contribution in [3.63, 3.8) is 0 Å². The Balaban J connectivity index is 1.62. The van der Waals surface area contributed by atoms with Crippen molar-refractivity contribution in [2.24, 2.45) is 0 Å². The van der Waals surface area contributed by atoms with Crippen LogP contribution in [0.1, 0.15) is 52.0 Å². The molecule has 1 amide bonds. The van der Waals surface area contributed by atoms with E-state index in [0.29, 0.717) is 10.6 Å². The first kappa shape index (κ1) is 19.8. The summed E-state index contributed by atoms with van der Waals surface area (Å²) in [7, 11) is 0. The number of pyridine rings is 1. The number of nitrogen functional groups attached to an aromatic ring is 1. The van der Waals surface area contributed by atoms with Crippen LogP contribution in [0.3, 0.4) is 0 Å². The van der Waals surface area contributed by atoms with Crippen molar-refractivity contribution in [3.8, 4) is 11.3 Å². The first-order chi connectivity index (χ1) is 15.0. The van der Waals surface area contributed by atoms with Gasteiger partial charge in [-0.3, -0.25) is 4.79 Å². The molecule has 3 N–H and O–H groups in total. The van der Waals surface area contributed by atoms with Gasteiger partial charge in [-0.15, -0.1) is 11.3 Å². The molecule has 5 rings (SSSR count). The highest BCUT2D eigenvalue weighted by molar-refractivity contribution is 7.21. The van der Waals surface area contributed by atoms with Crippen LogP contribution in [-0.4, -0.2) is 10.9 Å². The summed E-state index contributed by atoms with van der Waals surface area (Å²) in [6.45, 7) is 4.05. The first-order valence-electron chi connectivity index (χ1n) is 10.8. The van der Waals surface area contributed by atoms with E-state index in [9.17, 15) is 4.79 Å². The number of fused-ring (bicyclic) bond motifs is 2. The van der Waals surface area contributed by atoms with E-state index in [4.69, 9.17) is 15.1 Å². The van der Waals surface area contributed by atoms with Crippen molar-refractivity contribution in [2.45, 2.75) is 46.0 Å². The third kappa shape index (κ3) is 3.51. The van der Waals surface area contributed by atoms with Crippen molar-refractivity contribution in [2.75, 3.05) is 11.1 Å². The number of thiophene rings is 1. The predicted octanol–water partition coefficient (Wildman–Crippen LogP) is 6.14. The van der Waals surface area contributed by atoms with Crippen LogP contribution in [0.5, 0.6) is 0 Å². The van der Waals surface area contributed by atoms with E-state index in [1.807, 2.05) is 43.3 Å². The van der Waals surface area contributed by atoms with Crippen molar-refractivity contribution >= 4 is 38.8 Å². The second kappa shape index (κ2) is 7.85. The number of hydrogen-bond acceptors (Lipinski definition) is 5. The molecule has 0 radical (unpaired) electrons. The molecule has 0 spiro atoms. The minimum atomic E-state index is -0.204. The Morgan fingerprint density at radius 1 is 1.16 bits per heavy atom. The summed E-state index contributed by atoms with van der Waals surface area (Å²) in [5.41, 5.74) is 12.4. The normalized spacial score (nSPS) is 13.4. The molecule has 0 atom stereocenters. The smallest absolute Gasteiger partial charge is 0.267 e. The highest BCUT2D eigenvalue weighted by atomic mass is 32.1. The average molecular weight is 432 g/mol. The fraction of sp³-hybridized carbons (Fsp3) is 0.280. The zero-order valence-corrected chi connectivity index (χ0v) is 18.6. The molecule has 5 nitrogen and oxygen atoms in total. The van der Waals surface area contributed by atoms with Gasteiger partial charge in [-0.2, -0.15) is 0 Å². The summed E-state index contributed by atoms with van der Waals surface area (Å²) in [4.78, 5) is 19.3. The lowest BCUT2D eigenvalue weighted by Gasteiger charge is -2.18. The van der Waals surface area contributed by atoms with Gasteiger partial charge in [-0.25, -0.2) is 4.98 Å². The lowest BCUT2D eigenvalue weighted by Crippen LogP contribution is -2.12. The van der Waals surface area contributed by atoms with Gasteiger partial charge in [0.2, 0.25) is 0 Å². The zero-order chi connectivity index (χ0) is 21.5. The van der Waals surface area contributed by atoms with Gasteiger partial charge in [0.05, 0.1) is 5.69 Å². The summed E-state index contributed by atoms with van der Waals surface area (Å²) >= 11 is 1.36. The highest BCUT2D eigenvalue weighted by Crippen LogP contribution is 2.44. The molecule has 0 saturated carbocycles. The van der Waals surface area contributed by atoms with Crippen molar-refractivity contribution in [3.05, 3.63) is 63.9 Å². The molecular formula is C25H25N3O2S. The molecular weight excluding hydrogens is 406 g/mol. The minimum Gasteiger partial charge on any atom is -0.461 e. The summed E-state index contributed by atoms with van der Waals surface area (Å²) in [5.74, 6) is 1.45.